The zero-order valence-electron chi connectivity index (χ0n) is 13.1. The Bertz CT molecular complexity index is 768. The van der Waals surface area contributed by atoms with Gasteiger partial charge in [0, 0.05) is 5.92 Å². The number of halogens is 3. The molecule has 0 spiro atoms. The van der Waals surface area contributed by atoms with Crippen LogP contribution in [0.3, 0.4) is 0 Å². The maximum atomic E-state index is 13.0. The summed E-state index contributed by atoms with van der Waals surface area (Å²) in [6.45, 7) is 4.01. The van der Waals surface area contributed by atoms with E-state index >= 15 is 0 Å². The van der Waals surface area contributed by atoms with Gasteiger partial charge in [0.25, 0.3) is 5.91 Å². The first kappa shape index (κ1) is 16.4. The van der Waals surface area contributed by atoms with Crippen LogP contribution in [-0.2, 0) is 6.18 Å². The smallest absolute Gasteiger partial charge is 0.416 e. The van der Waals surface area contributed by atoms with Crippen LogP contribution in [0.4, 0.5) is 18.9 Å². The molecule has 0 bridgehead atoms. The fraction of sp³-hybridized carbons (Fsp3) is 0.375. The second kappa shape index (κ2) is 5.85. The van der Waals surface area contributed by atoms with Crippen molar-refractivity contribution in [3.63, 3.8) is 0 Å². The highest BCUT2D eigenvalue weighted by Gasteiger charge is 2.35. The van der Waals surface area contributed by atoms with Gasteiger partial charge in [-0.1, -0.05) is 13.8 Å². The molecule has 3 rings (SSSR count). The highest BCUT2D eigenvalue weighted by Crippen LogP contribution is 2.39. The van der Waals surface area contributed by atoms with E-state index < -0.39 is 17.6 Å². The molecule has 0 saturated carbocycles. The molecule has 1 amide bonds. The van der Waals surface area contributed by atoms with Crippen molar-refractivity contribution in [2.75, 3.05) is 18.1 Å². The van der Waals surface area contributed by atoms with Crippen molar-refractivity contribution >= 4 is 11.6 Å². The molecule has 5 nitrogen and oxygen atoms in total. The molecule has 0 atom stereocenters. The number of nitrogens with zero attached hydrogens (tertiary/aromatic N) is 2. The number of hydrogen-bond acceptors (Lipinski definition) is 4. The van der Waals surface area contributed by atoms with Gasteiger partial charge in [0.05, 0.1) is 17.8 Å². The van der Waals surface area contributed by atoms with Gasteiger partial charge in [-0.2, -0.15) is 13.2 Å². The number of rotatable bonds is 2. The van der Waals surface area contributed by atoms with E-state index in [1.54, 1.807) is 0 Å². The van der Waals surface area contributed by atoms with E-state index in [9.17, 15) is 18.0 Å². The molecule has 1 aliphatic heterocycles. The lowest BCUT2D eigenvalue weighted by atomic mass is 10.1. The zero-order valence-corrected chi connectivity index (χ0v) is 13.1. The van der Waals surface area contributed by atoms with E-state index in [2.05, 4.69) is 4.98 Å². The Morgan fingerprint density at radius 3 is 2.75 bits per heavy atom. The van der Waals surface area contributed by atoms with Gasteiger partial charge in [-0.25, -0.2) is 4.98 Å². The summed E-state index contributed by atoms with van der Waals surface area (Å²) in [5, 5.41) is 0. The fourth-order valence-corrected chi connectivity index (χ4v) is 2.56. The first-order valence-corrected chi connectivity index (χ1v) is 7.38. The standard InChI is InChI=1S/C16H15F3N2O3/c1-9(2)14-13(20-8-24-14)15(22)21-5-6-23-12-4-3-10(7-11(12)21)16(17,18)19/h3-4,7-9H,5-6H2,1-2H3. The number of carbonyl (C=O) groups excluding carboxylic acids is 1. The largest absolute Gasteiger partial charge is 0.490 e. The van der Waals surface area contributed by atoms with Crippen LogP contribution in [0.2, 0.25) is 0 Å². The second-order valence-electron chi connectivity index (χ2n) is 5.71. The summed E-state index contributed by atoms with van der Waals surface area (Å²) < 4.78 is 49.5. The second-order valence-corrected chi connectivity index (χ2v) is 5.71. The number of hydrogen-bond donors (Lipinski definition) is 0. The third-order valence-corrected chi connectivity index (χ3v) is 3.72. The molecule has 8 heteroatoms. The van der Waals surface area contributed by atoms with E-state index in [1.807, 2.05) is 13.8 Å². The molecule has 0 fully saturated rings. The molecule has 1 aromatic heterocycles. The molecule has 0 saturated heterocycles. The van der Waals surface area contributed by atoms with Gasteiger partial charge < -0.3 is 9.15 Å². The van der Waals surface area contributed by atoms with E-state index in [0.29, 0.717) is 5.76 Å². The Morgan fingerprint density at radius 2 is 2.08 bits per heavy atom. The number of aromatic nitrogens is 1. The first-order valence-electron chi connectivity index (χ1n) is 7.38. The molecule has 0 radical (unpaired) electrons. The lowest BCUT2D eigenvalue weighted by Crippen LogP contribution is -2.38. The third kappa shape index (κ3) is 2.83. The number of alkyl halides is 3. The average Bonchev–Trinajstić information content (AvgIpc) is 3.02. The van der Waals surface area contributed by atoms with Crippen LogP contribution in [0.25, 0.3) is 0 Å². The number of amides is 1. The SMILES string of the molecule is CC(C)c1ocnc1C(=O)N1CCOc2ccc(C(F)(F)F)cc21. The molecule has 24 heavy (non-hydrogen) atoms. The molecular weight excluding hydrogens is 325 g/mol. The summed E-state index contributed by atoms with van der Waals surface area (Å²) in [6.07, 6.45) is -3.34. The van der Waals surface area contributed by atoms with Crippen molar-refractivity contribution in [1.29, 1.82) is 0 Å². The fourth-order valence-electron chi connectivity index (χ4n) is 2.56. The van der Waals surface area contributed by atoms with E-state index in [1.165, 1.54) is 11.0 Å². The summed E-state index contributed by atoms with van der Waals surface area (Å²) >= 11 is 0. The van der Waals surface area contributed by atoms with Crippen LogP contribution in [0.5, 0.6) is 5.75 Å². The minimum absolute atomic E-state index is 0.0755. The van der Waals surface area contributed by atoms with Crippen molar-refractivity contribution < 1.29 is 27.1 Å². The lowest BCUT2D eigenvalue weighted by Gasteiger charge is -2.30. The molecule has 2 aromatic rings. The Hall–Kier alpha value is -2.51. The Balaban J connectivity index is 2.02. The van der Waals surface area contributed by atoms with Crippen molar-refractivity contribution in [3.05, 3.63) is 41.6 Å². The van der Waals surface area contributed by atoms with Crippen molar-refractivity contribution in [3.8, 4) is 5.75 Å². The molecule has 0 unspecified atom stereocenters. The highest BCUT2D eigenvalue weighted by atomic mass is 19.4. The molecule has 1 aliphatic rings. The average molecular weight is 340 g/mol. The van der Waals surface area contributed by atoms with Crippen molar-refractivity contribution in [2.45, 2.75) is 25.9 Å². The summed E-state index contributed by atoms with van der Waals surface area (Å²) in [5.74, 6) is 0.0574. The van der Waals surface area contributed by atoms with Gasteiger partial charge in [-0.15, -0.1) is 0 Å². The molecule has 2 heterocycles. The van der Waals surface area contributed by atoms with E-state index in [0.717, 1.165) is 18.5 Å². The highest BCUT2D eigenvalue weighted by molar-refractivity contribution is 6.06. The first-order chi connectivity index (χ1) is 11.3. The predicted molar refractivity (Wildman–Crippen MR) is 79.2 cm³/mol. The maximum absolute atomic E-state index is 13.0. The van der Waals surface area contributed by atoms with Crippen LogP contribution in [0.15, 0.2) is 29.0 Å². The van der Waals surface area contributed by atoms with Gasteiger partial charge in [-0.05, 0) is 18.2 Å². The monoisotopic (exact) mass is 340 g/mol. The van der Waals surface area contributed by atoms with Gasteiger partial charge >= 0.3 is 6.18 Å². The Morgan fingerprint density at radius 1 is 1.33 bits per heavy atom. The number of oxazole rings is 1. The van der Waals surface area contributed by atoms with E-state index in [4.69, 9.17) is 9.15 Å². The van der Waals surface area contributed by atoms with Gasteiger partial charge in [-0.3, -0.25) is 9.69 Å². The van der Waals surface area contributed by atoms with Gasteiger partial charge in [0.2, 0.25) is 0 Å². The lowest BCUT2D eigenvalue weighted by molar-refractivity contribution is -0.137. The normalized spacial score (nSPS) is 14.5. The van der Waals surface area contributed by atoms with E-state index in [-0.39, 0.29) is 36.2 Å². The Labute approximate surface area is 136 Å². The van der Waals surface area contributed by atoms with Crippen LogP contribution in [-0.4, -0.2) is 24.0 Å². The third-order valence-electron chi connectivity index (χ3n) is 3.72. The molecular formula is C16H15F3N2O3. The summed E-state index contributed by atoms with van der Waals surface area (Å²) in [6, 6.07) is 3.08. The number of ether oxygens (including phenoxy) is 1. The summed E-state index contributed by atoms with van der Waals surface area (Å²) in [4.78, 5) is 18.0. The molecule has 0 aliphatic carbocycles. The maximum Gasteiger partial charge on any atom is 0.416 e. The van der Waals surface area contributed by atoms with Crippen molar-refractivity contribution in [1.82, 2.24) is 4.98 Å². The summed E-state index contributed by atoms with van der Waals surface area (Å²) in [7, 11) is 0. The minimum atomic E-state index is -4.50. The number of anilines is 1. The van der Waals surface area contributed by atoms with Gasteiger partial charge in [0.1, 0.15) is 18.1 Å². The van der Waals surface area contributed by atoms with Gasteiger partial charge in [0.15, 0.2) is 12.1 Å². The van der Waals surface area contributed by atoms with Crippen LogP contribution in [0.1, 0.15) is 41.6 Å². The van der Waals surface area contributed by atoms with Crippen LogP contribution in [0, 0.1) is 0 Å². The predicted octanol–water partition coefficient (Wildman–Crippen LogP) is 3.86. The number of benzene rings is 1. The number of carbonyl (C=O) groups is 1. The van der Waals surface area contributed by atoms with Crippen molar-refractivity contribution in [2.24, 2.45) is 0 Å². The minimum Gasteiger partial charge on any atom is -0.490 e. The number of fused-ring (bicyclic) bond motifs is 1. The zero-order chi connectivity index (χ0) is 17.5. The quantitative estimate of drug-likeness (QED) is 0.833. The van der Waals surface area contributed by atoms with Crippen LogP contribution >= 0.6 is 0 Å². The Kier molecular flexibility index (Phi) is 3.98. The summed E-state index contributed by atoms with van der Waals surface area (Å²) in [5.41, 5.74) is -0.650. The van der Waals surface area contributed by atoms with Crippen LogP contribution < -0.4 is 9.64 Å². The molecule has 0 N–H and O–H groups in total. The topological polar surface area (TPSA) is 55.6 Å². The molecule has 128 valence electrons. The molecule has 1 aromatic carbocycles.